The van der Waals surface area contributed by atoms with Crippen LogP contribution in [0.1, 0.15) is 18.9 Å². The average molecular weight is 423 g/mol. The van der Waals surface area contributed by atoms with Gasteiger partial charge >= 0.3 is 0 Å². The maximum absolute atomic E-state index is 12.5. The minimum absolute atomic E-state index is 0.146. The molecule has 8 nitrogen and oxygen atoms in total. The SMILES string of the molecule is O=C(CSc1nnnn1C1CC1)N1CCN(CCOc2ccc(Cl)cc2)CC1. The Morgan fingerprint density at radius 3 is 2.64 bits per heavy atom. The molecular weight excluding hydrogens is 400 g/mol. The number of hydrogen-bond acceptors (Lipinski definition) is 7. The molecule has 2 aromatic rings. The lowest BCUT2D eigenvalue weighted by atomic mass is 10.3. The Kier molecular flexibility index (Phi) is 6.33. The highest BCUT2D eigenvalue weighted by Gasteiger charge is 2.28. The van der Waals surface area contributed by atoms with Gasteiger partial charge in [0.05, 0.1) is 11.8 Å². The third kappa shape index (κ3) is 5.15. The van der Waals surface area contributed by atoms with E-state index >= 15 is 0 Å². The molecule has 1 amide bonds. The number of hydrogen-bond donors (Lipinski definition) is 0. The summed E-state index contributed by atoms with van der Waals surface area (Å²) in [6.45, 7) is 4.67. The van der Waals surface area contributed by atoms with Crippen molar-refractivity contribution in [2.45, 2.75) is 24.0 Å². The molecule has 1 saturated heterocycles. The van der Waals surface area contributed by atoms with Crippen LogP contribution in [0.25, 0.3) is 0 Å². The second kappa shape index (κ2) is 9.11. The monoisotopic (exact) mass is 422 g/mol. The number of benzene rings is 1. The number of tetrazole rings is 1. The molecule has 1 aromatic heterocycles. The Morgan fingerprint density at radius 1 is 1.18 bits per heavy atom. The van der Waals surface area contributed by atoms with E-state index in [0.717, 1.165) is 56.5 Å². The summed E-state index contributed by atoms with van der Waals surface area (Å²) in [6, 6.07) is 7.81. The van der Waals surface area contributed by atoms with Crippen molar-refractivity contribution >= 4 is 29.3 Å². The summed E-state index contributed by atoms with van der Waals surface area (Å²) < 4.78 is 7.59. The van der Waals surface area contributed by atoms with Crippen LogP contribution in [-0.4, -0.2) is 81.0 Å². The molecule has 0 N–H and O–H groups in total. The summed E-state index contributed by atoms with van der Waals surface area (Å²) in [4.78, 5) is 16.7. The van der Waals surface area contributed by atoms with Gasteiger partial charge in [-0.05, 0) is 47.5 Å². The molecule has 2 fully saturated rings. The van der Waals surface area contributed by atoms with Gasteiger partial charge in [0, 0.05) is 37.7 Å². The van der Waals surface area contributed by atoms with Crippen molar-refractivity contribution in [3.63, 3.8) is 0 Å². The van der Waals surface area contributed by atoms with E-state index in [1.807, 2.05) is 33.8 Å². The van der Waals surface area contributed by atoms with Crippen molar-refractivity contribution < 1.29 is 9.53 Å². The van der Waals surface area contributed by atoms with Crippen LogP contribution in [0.5, 0.6) is 5.75 Å². The molecule has 2 heterocycles. The third-order valence-corrected chi connectivity index (χ3v) is 6.07. The molecule has 0 spiro atoms. The second-order valence-corrected chi connectivity index (χ2v) is 8.33. The molecule has 150 valence electrons. The van der Waals surface area contributed by atoms with Gasteiger partial charge in [0.25, 0.3) is 0 Å². The van der Waals surface area contributed by atoms with E-state index in [4.69, 9.17) is 16.3 Å². The highest BCUT2D eigenvalue weighted by Crippen LogP contribution is 2.36. The van der Waals surface area contributed by atoms with E-state index < -0.39 is 0 Å². The molecule has 1 aromatic carbocycles. The number of halogens is 1. The van der Waals surface area contributed by atoms with Crippen LogP contribution in [0, 0.1) is 0 Å². The fourth-order valence-electron chi connectivity index (χ4n) is 3.09. The fraction of sp³-hybridized carbons (Fsp3) is 0.556. The number of nitrogens with zero attached hydrogens (tertiary/aromatic N) is 6. The van der Waals surface area contributed by atoms with Gasteiger partial charge in [-0.25, -0.2) is 4.68 Å². The van der Waals surface area contributed by atoms with Gasteiger partial charge in [-0.1, -0.05) is 23.4 Å². The van der Waals surface area contributed by atoms with Crippen molar-refractivity contribution in [1.82, 2.24) is 30.0 Å². The molecule has 0 radical (unpaired) electrons. The molecule has 1 saturated carbocycles. The predicted octanol–water partition coefficient (Wildman–Crippen LogP) is 1.98. The van der Waals surface area contributed by atoms with Gasteiger partial charge in [0.2, 0.25) is 11.1 Å². The minimum atomic E-state index is 0.146. The molecule has 0 unspecified atom stereocenters. The standard InChI is InChI=1S/C18H23ClN6O2S/c19-14-1-5-16(6-2-14)27-12-11-23-7-9-24(10-8-23)17(26)13-28-18-20-21-22-25(18)15-3-4-15/h1-2,5-6,15H,3-4,7-13H2. The first-order chi connectivity index (χ1) is 13.7. The van der Waals surface area contributed by atoms with Crippen LogP contribution in [0.4, 0.5) is 0 Å². The van der Waals surface area contributed by atoms with E-state index in [9.17, 15) is 4.79 Å². The number of amides is 1. The summed E-state index contributed by atoms with van der Waals surface area (Å²) in [7, 11) is 0. The smallest absolute Gasteiger partial charge is 0.233 e. The van der Waals surface area contributed by atoms with Gasteiger partial charge in [-0.3, -0.25) is 9.69 Å². The molecule has 0 bridgehead atoms. The number of carbonyl (C=O) groups is 1. The number of rotatable bonds is 8. The molecule has 4 rings (SSSR count). The Balaban J connectivity index is 1.15. The van der Waals surface area contributed by atoms with Crippen molar-refractivity contribution in [3.05, 3.63) is 29.3 Å². The first-order valence-corrected chi connectivity index (χ1v) is 10.8. The van der Waals surface area contributed by atoms with Gasteiger partial charge in [-0.15, -0.1) is 5.10 Å². The zero-order chi connectivity index (χ0) is 19.3. The normalized spacial score (nSPS) is 17.7. The molecular formula is C18H23ClN6O2S. The van der Waals surface area contributed by atoms with E-state index in [2.05, 4.69) is 20.4 Å². The lowest BCUT2D eigenvalue weighted by Crippen LogP contribution is -2.50. The van der Waals surface area contributed by atoms with E-state index in [-0.39, 0.29) is 5.91 Å². The van der Waals surface area contributed by atoms with Gasteiger partial charge in [0.15, 0.2) is 0 Å². The summed E-state index contributed by atoms with van der Waals surface area (Å²) >= 11 is 7.30. The molecule has 1 aliphatic heterocycles. The number of piperazine rings is 1. The fourth-order valence-corrected chi connectivity index (χ4v) is 4.06. The Hall–Kier alpha value is -1.84. The van der Waals surface area contributed by atoms with Crippen molar-refractivity contribution in [2.24, 2.45) is 0 Å². The zero-order valence-electron chi connectivity index (χ0n) is 15.5. The maximum Gasteiger partial charge on any atom is 0.233 e. The number of carbonyl (C=O) groups excluding carboxylic acids is 1. The van der Waals surface area contributed by atoms with Crippen molar-refractivity contribution in [1.29, 1.82) is 0 Å². The summed E-state index contributed by atoms with van der Waals surface area (Å²) in [6.07, 6.45) is 2.24. The third-order valence-electron chi connectivity index (χ3n) is 4.89. The highest BCUT2D eigenvalue weighted by molar-refractivity contribution is 7.99. The summed E-state index contributed by atoms with van der Waals surface area (Å²) in [5.74, 6) is 1.35. The molecule has 10 heteroatoms. The van der Waals surface area contributed by atoms with E-state index in [1.165, 1.54) is 11.8 Å². The Labute approximate surface area is 173 Å². The maximum atomic E-state index is 12.5. The molecule has 28 heavy (non-hydrogen) atoms. The summed E-state index contributed by atoms with van der Waals surface area (Å²) in [5.41, 5.74) is 0. The second-order valence-electron chi connectivity index (χ2n) is 6.95. The lowest BCUT2D eigenvalue weighted by molar-refractivity contribution is -0.130. The Bertz CT molecular complexity index is 790. The van der Waals surface area contributed by atoms with Gasteiger partial charge < -0.3 is 9.64 Å². The largest absolute Gasteiger partial charge is 0.492 e. The van der Waals surface area contributed by atoms with Crippen LogP contribution in [-0.2, 0) is 4.79 Å². The van der Waals surface area contributed by atoms with Crippen LogP contribution < -0.4 is 4.74 Å². The number of ether oxygens (including phenoxy) is 1. The zero-order valence-corrected chi connectivity index (χ0v) is 17.1. The molecule has 2 aliphatic rings. The van der Waals surface area contributed by atoms with Gasteiger partial charge in [-0.2, -0.15) is 0 Å². The predicted molar refractivity (Wildman–Crippen MR) is 107 cm³/mol. The average Bonchev–Trinajstić information content (AvgIpc) is 3.46. The highest BCUT2D eigenvalue weighted by atomic mass is 35.5. The Morgan fingerprint density at radius 2 is 1.93 bits per heavy atom. The van der Waals surface area contributed by atoms with Gasteiger partial charge in [0.1, 0.15) is 12.4 Å². The topological polar surface area (TPSA) is 76.4 Å². The van der Waals surface area contributed by atoms with Crippen LogP contribution in [0.15, 0.2) is 29.4 Å². The first kappa shape index (κ1) is 19.5. The minimum Gasteiger partial charge on any atom is -0.492 e. The number of aromatic nitrogens is 4. The number of thioether (sulfide) groups is 1. The molecule has 1 aliphatic carbocycles. The first-order valence-electron chi connectivity index (χ1n) is 9.48. The van der Waals surface area contributed by atoms with Crippen molar-refractivity contribution in [3.8, 4) is 5.75 Å². The molecule has 0 atom stereocenters. The quantitative estimate of drug-likeness (QED) is 0.602. The lowest BCUT2D eigenvalue weighted by Gasteiger charge is -2.34. The van der Waals surface area contributed by atoms with E-state index in [0.29, 0.717) is 23.4 Å². The van der Waals surface area contributed by atoms with Crippen molar-refractivity contribution in [2.75, 3.05) is 45.1 Å². The van der Waals surface area contributed by atoms with Crippen LogP contribution >= 0.6 is 23.4 Å². The summed E-state index contributed by atoms with van der Waals surface area (Å²) in [5, 5.41) is 13.2. The van der Waals surface area contributed by atoms with Crippen LogP contribution in [0.2, 0.25) is 5.02 Å². The van der Waals surface area contributed by atoms with Crippen LogP contribution in [0.3, 0.4) is 0 Å². The van der Waals surface area contributed by atoms with E-state index in [1.54, 1.807) is 0 Å².